The Labute approximate surface area is 165 Å². The van der Waals surface area contributed by atoms with Crippen molar-refractivity contribution in [2.24, 2.45) is 0 Å². The maximum atomic E-state index is 5.46. The number of piperidine rings is 1. The van der Waals surface area contributed by atoms with Gasteiger partial charge in [0.25, 0.3) is 0 Å². The number of rotatable bonds is 3. The molecule has 0 amide bonds. The monoisotopic (exact) mass is 375 g/mol. The van der Waals surface area contributed by atoms with Crippen molar-refractivity contribution in [2.45, 2.75) is 19.3 Å². The molecule has 0 bridgehead atoms. The zero-order valence-electron chi connectivity index (χ0n) is 16.0. The second kappa shape index (κ2) is 7.72. The normalized spacial score (nSPS) is 17.9. The van der Waals surface area contributed by atoms with Gasteiger partial charge in [0.15, 0.2) is 5.82 Å². The Morgan fingerprint density at radius 3 is 2.32 bits per heavy atom. The maximum absolute atomic E-state index is 5.46. The van der Waals surface area contributed by atoms with Gasteiger partial charge in [-0.15, -0.1) is 0 Å². The lowest BCUT2D eigenvalue weighted by Gasteiger charge is -2.29. The molecule has 0 unspecified atom stereocenters. The van der Waals surface area contributed by atoms with E-state index >= 15 is 0 Å². The van der Waals surface area contributed by atoms with Crippen LogP contribution in [0.1, 0.15) is 19.3 Å². The lowest BCUT2D eigenvalue weighted by Crippen LogP contribution is -2.36. The molecule has 0 aliphatic carbocycles. The lowest BCUT2D eigenvalue weighted by atomic mass is 10.1. The smallest absolute Gasteiger partial charge is 0.157 e. The predicted molar refractivity (Wildman–Crippen MR) is 112 cm³/mol. The predicted octanol–water partition coefficient (Wildman–Crippen LogP) is 3.52. The van der Waals surface area contributed by atoms with Gasteiger partial charge in [-0.05, 0) is 37.5 Å². The van der Waals surface area contributed by atoms with Crippen molar-refractivity contribution >= 4 is 22.5 Å². The summed E-state index contributed by atoms with van der Waals surface area (Å²) in [6, 6.07) is 10.7. The van der Waals surface area contributed by atoms with E-state index in [9.17, 15) is 0 Å². The van der Waals surface area contributed by atoms with E-state index in [-0.39, 0.29) is 0 Å². The first kappa shape index (κ1) is 17.4. The highest BCUT2D eigenvalue weighted by Crippen LogP contribution is 2.30. The molecule has 2 aromatic heterocycles. The van der Waals surface area contributed by atoms with Crippen LogP contribution in [0.25, 0.3) is 22.3 Å². The van der Waals surface area contributed by atoms with E-state index in [4.69, 9.17) is 9.72 Å². The van der Waals surface area contributed by atoms with Crippen LogP contribution in [-0.2, 0) is 4.74 Å². The highest BCUT2D eigenvalue weighted by molar-refractivity contribution is 5.89. The Morgan fingerprint density at radius 1 is 0.786 bits per heavy atom. The second-order valence-electron chi connectivity index (χ2n) is 7.45. The van der Waals surface area contributed by atoms with Crippen LogP contribution in [0.4, 0.5) is 11.5 Å². The summed E-state index contributed by atoms with van der Waals surface area (Å²) in [6.45, 7) is 5.57. The molecule has 4 heterocycles. The Kier molecular flexibility index (Phi) is 4.79. The van der Waals surface area contributed by atoms with Crippen LogP contribution in [0.2, 0.25) is 0 Å². The van der Waals surface area contributed by atoms with Crippen LogP contribution in [-0.4, -0.2) is 54.3 Å². The third-order valence-electron chi connectivity index (χ3n) is 5.63. The van der Waals surface area contributed by atoms with Crippen molar-refractivity contribution in [3.63, 3.8) is 0 Å². The Balaban J connectivity index is 1.51. The summed E-state index contributed by atoms with van der Waals surface area (Å²) in [5.41, 5.74) is 5.12. The Morgan fingerprint density at radius 2 is 1.54 bits per heavy atom. The number of fused-ring (bicyclic) bond motifs is 1. The summed E-state index contributed by atoms with van der Waals surface area (Å²) in [6.07, 6.45) is 7.23. The zero-order chi connectivity index (χ0) is 18.8. The fraction of sp³-hybridized carbons (Fsp3) is 0.409. The van der Waals surface area contributed by atoms with E-state index in [1.807, 2.05) is 0 Å². The van der Waals surface area contributed by atoms with Gasteiger partial charge in [-0.1, -0.05) is 12.1 Å². The summed E-state index contributed by atoms with van der Waals surface area (Å²) < 4.78 is 5.46. The molecule has 2 aliphatic rings. The minimum atomic E-state index is 0.797. The molecule has 6 heteroatoms. The van der Waals surface area contributed by atoms with Crippen molar-refractivity contribution in [1.29, 1.82) is 0 Å². The minimum Gasteiger partial charge on any atom is -0.378 e. The summed E-state index contributed by atoms with van der Waals surface area (Å²) in [4.78, 5) is 18.9. The number of hydrogen-bond donors (Lipinski definition) is 0. The molecule has 28 heavy (non-hydrogen) atoms. The van der Waals surface area contributed by atoms with Crippen LogP contribution in [0.15, 0.2) is 42.7 Å². The molecular formula is C22H25N5O. The molecular weight excluding hydrogens is 350 g/mol. The fourth-order valence-electron chi connectivity index (χ4n) is 4.09. The number of anilines is 2. The third-order valence-corrected chi connectivity index (χ3v) is 5.63. The second-order valence-corrected chi connectivity index (χ2v) is 7.45. The minimum absolute atomic E-state index is 0.797. The van der Waals surface area contributed by atoms with E-state index < -0.39 is 0 Å². The van der Waals surface area contributed by atoms with Gasteiger partial charge in [-0.25, -0.2) is 9.97 Å². The van der Waals surface area contributed by atoms with Crippen LogP contribution in [0.5, 0.6) is 0 Å². The maximum Gasteiger partial charge on any atom is 0.157 e. The van der Waals surface area contributed by atoms with Crippen molar-refractivity contribution in [3.8, 4) is 11.3 Å². The van der Waals surface area contributed by atoms with Gasteiger partial charge in [-0.2, -0.15) is 0 Å². The number of pyridine rings is 1. The SMILES string of the molecule is c1cnc2c(N3CCCCC3)nc(-c3ccc(N4CCOCC4)cc3)cc2n1. The summed E-state index contributed by atoms with van der Waals surface area (Å²) in [5, 5.41) is 0. The molecule has 0 spiro atoms. The van der Waals surface area contributed by atoms with Gasteiger partial charge in [0.2, 0.25) is 0 Å². The lowest BCUT2D eigenvalue weighted by molar-refractivity contribution is 0.122. The van der Waals surface area contributed by atoms with E-state index in [0.717, 1.165) is 67.5 Å². The molecule has 0 N–H and O–H groups in total. The summed E-state index contributed by atoms with van der Waals surface area (Å²) in [7, 11) is 0. The van der Waals surface area contributed by atoms with Gasteiger partial charge in [0.05, 0.1) is 24.4 Å². The van der Waals surface area contributed by atoms with E-state index in [0.29, 0.717) is 0 Å². The first-order chi connectivity index (χ1) is 13.9. The number of aromatic nitrogens is 3. The molecule has 0 atom stereocenters. The Bertz CT molecular complexity index is 947. The van der Waals surface area contributed by atoms with Crippen molar-refractivity contribution in [2.75, 3.05) is 49.2 Å². The van der Waals surface area contributed by atoms with Crippen LogP contribution in [0.3, 0.4) is 0 Å². The quantitative estimate of drug-likeness (QED) is 0.698. The molecule has 2 aliphatic heterocycles. The average Bonchev–Trinajstić information content (AvgIpc) is 2.79. The summed E-state index contributed by atoms with van der Waals surface area (Å²) >= 11 is 0. The number of benzene rings is 1. The van der Waals surface area contributed by atoms with Crippen molar-refractivity contribution in [3.05, 3.63) is 42.7 Å². The number of morpholine rings is 1. The van der Waals surface area contributed by atoms with Gasteiger partial charge in [-0.3, -0.25) is 4.98 Å². The van der Waals surface area contributed by atoms with Gasteiger partial charge < -0.3 is 14.5 Å². The van der Waals surface area contributed by atoms with E-state index in [1.165, 1.54) is 24.9 Å². The molecule has 0 radical (unpaired) electrons. The van der Waals surface area contributed by atoms with Crippen LogP contribution >= 0.6 is 0 Å². The van der Waals surface area contributed by atoms with Crippen LogP contribution < -0.4 is 9.80 Å². The molecule has 5 rings (SSSR count). The standard InChI is InChI=1S/C22H25N5O/c1-2-10-27(11-3-1)22-21-20(23-8-9-24-21)16-19(25-22)17-4-6-18(7-5-17)26-12-14-28-15-13-26/h4-9,16H,1-3,10-15H2. The highest BCUT2D eigenvalue weighted by atomic mass is 16.5. The molecule has 2 fully saturated rings. The number of nitrogens with zero attached hydrogens (tertiary/aromatic N) is 5. The molecule has 1 aromatic carbocycles. The fourth-order valence-corrected chi connectivity index (χ4v) is 4.09. The van der Waals surface area contributed by atoms with E-state index in [1.54, 1.807) is 12.4 Å². The average molecular weight is 375 g/mol. The highest BCUT2D eigenvalue weighted by Gasteiger charge is 2.18. The van der Waals surface area contributed by atoms with Crippen LogP contribution in [0, 0.1) is 0 Å². The molecule has 3 aromatic rings. The number of hydrogen-bond acceptors (Lipinski definition) is 6. The molecule has 144 valence electrons. The number of ether oxygens (including phenoxy) is 1. The first-order valence-electron chi connectivity index (χ1n) is 10.2. The first-order valence-corrected chi connectivity index (χ1v) is 10.2. The molecule has 0 saturated carbocycles. The Hall–Kier alpha value is -2.73. The molecule has 2 saturated heterocycles. The van der Waals surface area contributed by atoms with Crippen molar-refractivity contribution in [1.82, 2.24) is 15.0 Å². The summed E-state index contributed by atoms with van der Waals surface area (Å²) in [5.74, 6) is 0.970. The zero-order valence-corrected chi connectivity index (χ0v) is 16.0. The van der Waals surface area contributed by atoms with Gasteiger partial charge in [0.1, 0.15) is 5.52 Å². The molecule has 6 nitrogen and oxygen atoms in total. The topological polar surface area (TPSA) is 54.4 Å². The third kappa shape index (κ3) is 3.40. The van der Waals surface area contributed by atoms with E-state index in [2.05, 4.69) is 50.1 Å². The van der Waals surface area contributed by atoms with Gasteiger partial charge in [0, 0.05) is 49.8 Å². The largest absolute Gasteiger partial charge is 0.378 e. The van der Waals surface area contributed by atoms with Crippen molar-refractivity contribution < 1.29 is 4.74 Å². The van der Waals surface area contributed by atoms with Gasteiger partial charge >= 0.3 is 0 Å².